The highest BCUT2D eigenvalue weighted by molar-refractivity contribution is 6.33. The lowest BCUT2D eigenvalue weighted by Crippen LogP contribution is -2.55. The van der Waals surface area contributed by atoms with Gasteiger partial charge in [0.15, 0.2) is 0 Å². The first-order valence-electron chi connectivity index (χ1n) is 7.84. The topological polar surface area (TPSA) is 81.7 Å². The number of para-hydroxylation sites is 1. The van der Waals surface area contributed by atoms with Crippen LogP contribution in [0.4, 0.5) is 5.69 Å². The fourth-order valence-electron chi connectivity index (χ4n) is 3.11. The molecule has 0 unspecified atom stereocenters. The molecular weight excluding hydrogens is 318 g/mol. The maximum Gasteiger partial charge on any atom is 0.249 e. The van der Waals surface area contributed by atoms with Gasteiger partial charge in [-0.05, 0) is 31.4 Å². The van der Waals surface area contributed by atoms with Crippen molar-refractivity contribution in [2.24, 2.45) is 0 Å². The van der Waals surface area contributed by atoms with Gasteiger partial charge in [-0.3, -0.25) is 9.59 Å². The second-order valence-electron chi connectivity index (χ2n) is 6.00. The number of β-amino-alcohol motifs (C(OH)–C–C–N with tert-alkyl or cyclic N) is 1. The van der Waals surface area contributed by atoms with E-state index in [4.69, 9.17) is 11.6 Å². The van der Waals surface area contributed by atoms with E-state index in [0.29, 0.717) is 36.6 Å². The number of nitrogens with zero attached hydrogens (tertiary/aromatic N) is 1. The van der Waals surface area contributed by atoms with E-state index in [2.05, 4.69) is 10.6 Å². The molecule has 2 aliphatic heterocycles. The first-order valence-corrected chi connectivity index (χ1v) is 8.22. The number of piperidine rings is 1. The molecule has 0 radical (unpaired) electrons. The number of benzene rings is 1. The molecule has 0 spiro atoms. The van der Waals surface area contributed by atoms with Crippen LogP contribution < -0.4 is 15.5 Å². The van der Waals surface area contributed by atoms with Crippen LogP contribution in [0.1, 0.15) is 19.3 Å². The number of hydrogen-bond acceptors (Lipinski definition) is 4. The zero-order valence-electron chi connectivity index (χ0n) is 12.7. The Hall–Kier alpha value is -1.63. The number of carbonyl (C=O) groups excluding carboxylic acids is 2. The summed E-state index contributed by atoms with van der Waals surface area (Å²) in [6, 6.07) is 6.22. The fourth-order valence-corrected chi connectivity index (χ4v) is 3.35. The molecule has 1 aromatic carbocycles. The predicted molar refractivity (Wildman–Crippen MR) is 87.4 cm³/mol. The van der Waals surface area contributed by atoms with Crippen LogP contribution in [0.25, 0.3) is 0 Å². The summed E-state index contributed by atoms with van der Waals surface area (Å²) in [4.78, 5) is 26.5. The van der Waals surface area contributed by atoms with Crippen molar-refractivity contribution in [2.45, 2.75) is 37.5 Å². The van der Waals surface area contributed by atoms with E-state index in [1.807, 2.05) is 12.1 Å². The average molecular weight is 338 g/mol. The van der Waals surface area contributed by atoms with Crippen molar-refractivity contribution in [3.8, 4) is 0 Å². The molecule has 2 heterocycles. The van der Waals surface area contributed by atoms with Crippen LogP contribution in [-0.4, -0.2) is 48.2 Å². The number of carbonyl (C=O) groups is 2. The van der Waals surface area contributed by atoms with Crippen LogP contribution in [0.3, 0.4) is 0 Å². The molecule has 3 rings (SSSR count). The Bertz CT molecular complexity index is 610. The lowest BCUT2D eigenvalue weighted by Gasteiger charge is -2.33. The Morgan fingerprint density at radius 2 is 2.17 bits per heavy atom. The highest BCUT2D eigenvalue weighted by Gasteiger charge is 2.35. The summed E-state index contributed by atoms with van der Waals surface area (Å²) in [6.45, 7) is 0.998. The average Bonchev–Trinajstić information content (AvgIpc) is 2.97. The quantitative estimate of drug-likeness (QED) is 0.757. The molecule has 0 aliphatic carbocycles. The first-order chi connectivity index (χ1) is 11.1. The minimum Gasteiger partial charge on any atom is -0.392 e. The molecule has 3 atom stereocenters. The normalized spacial score (nSPS) is 28.0. The molecule has 2 aliphatic rings. The van der Waals surface area contributed by atoms with Crippen LogP contribution in [0.5, 0.6) is 0 Å². The van der Waals surface area contributed by atoms with Gasteiger partial charge < -0.3 is 20.6 Å². The number of amides is 2. The van der Waals surface area contributed by atoms with Crippen LogP contribution >= 0.6 is 11.6 Å². The van der Waals surface area contributed by atoms with Crippen molar-refractivity contribution >= 4 is 29.1 Å². The largest absolute Gasteiger partial charge is 0.392 e. The number of rotatable bonds is 3. The Morgan fingerprint density at radius 1 is 1.39 bits per heavy atom. The third-order valence-electron chi connectivity index (χ3n) is 4.32. The number of aliphatic hydroxyl groups is 1. The van der Waals surface area contributed by atoms with Crippen molar-refractivity contribution in [1.29, 1.82) is 0 Å². The molecule has 2 saturated heterocycles. The van der Waals surface area contributed by atoms with E-state index < -0.39 is 18.2 Å². The Balaban J connectivity index is 1.68. The number of hydrogen-bond donors (Lipinski definition) is 3. The van der Waals surface area contributed by atoms with Gasteiger partial charge in [0.25, 0.3) is 0 Å². The molecule has 2 amide bonds. The Kier molecular flexibility index (Phi) is 4.84. The molecular formula is C16H20ClN3O3. The minimum absolute atomic E-state index is 0.142. The monoisotopic (exact) mass is 337 g/mol. The van der Waals surface area contributed by atoms with Crippen molar-refractivity contribution in [3.05, 3.63) is 29.3 Å². The van der Waals surface area contributed by atoms with Crippen molar-refractivity contribution in [3.63, 3.8) is 0 Å². The summed E-state index contributed by atoms with van der Waals surface area (Å²) in [7, 11) is 0. The van der Waals surface area contributed by atoms with Crippen molar-refractivity contribution < 1.29 is 14.7 Å². The number of halogens is 1. The second kappa shape index (κ2) is 6.86. The van der Waals surface area contributed by atoms with Gasteiger partial charge in [-0.2, -0.15) is 0 Å². The van der Waals surface area contributed by atoms with Gasteiger partial charge in [-0.15, -0.1) is 0 Å². The third-order valence-corrected chi connectivity index (χ3v) is 4.64. The summed E-state index contributed by atoms with van der Waals surface area (Å²) in [5.41, 5.74) is 0.674. The van der Waals surface area contributed by atoms with Crippen LogP contribution in [0, 0.1) is 0 Å². The number of nitrogens with one attached hydrogen (secondary N) is 2. The first kappa shape index (κ1) is 16.2. The third kappa shape index (κ3) is 3.49. The van der Waals surface area contributed by atoms with E-state index in [9.17, 15) is 14.7 Å². The van der Waals surface area contributed by atoms with Gasteiger partial charge in [-0.1, -0.05) is 23.7 Å². The highest BCUT2D eigenvalue weighted by Crippen LogP contribution is 2.28. The zero-order chi connectivity index (χ0) is 16.4. The van der Waals surface area contributed by atoms with Crippen LogP contribution in [0.15, 0.2) is 24.3 Å². The fraction of sp³-hybridized carbons (Fsp3) is 0.500. The van der Waals surface area contributed by atoms with Gasteiger partial charge in [0, 0.05) is 13.1 Å². The smallest absolute Gasteiger partial charge is 0.249 e. The Labute approximate surface area is 139 Å². The van der Waals surface area contributed by atoms with Gasteiger partial charge in [0.2, 0.25) is 11.8 Å². The highest BCUT2D eigenvalue weighted by atomic mass is 35.5. The molecule has 23 heavy (non-hydrogen) atoms. The van der Waals surface area contributed by atoms with Gasteiger partial charge >= 0.3 is 0 Å². The predicted octanol–water partition coefficient (Wildman–Crippen LogP) is 0.674. The molecule has 0 saturated carbocycles. The molecule has 0 aromatic heterocycles. The van der Waals surface area contributed by atoms with E-state index >= 15 is 0 Å². The standard InChI is InChI=1S/C16H20ClN3O3/c17-11-4-1-2-6-14(11)20-7-3-5-12(16(20)23)19-15(22)13-8-10(21)9-18-13/h1-2,4,6,10,12-13,18,21H,3,5,7-9H2,(H,19,22)/t10-,12+,13+/m0/s1. The lowest BCUT2D eigenvalue weighted by molar-refractivity contribution is -0.129. The molecule has 3 N–H and O–H groups in total. The van der Waals surface area contributed by atoms with E-state index in [1.165, 1.54) is 0 Å². The summed E-state index contributed by atoms with van der Waals surface area (Å²) in [5, 5.41) is 15.8. The zero-order valence-corrected chi connectivity index (χ0v) is 13.4. The Morgan fingerprint density at radius 3 is 2.87 bits per heavy atom. The minimum atomic E-state index is -0.549. The van der Waals surface area contributed by atoms with Gasteiger partial charge in [0.1, 0.15) is 6.04 Å². The number of anilines is 1. The second-order valence-corrected chi connectivity index (χ2v) is 6.40. The SMILES string of the molecule is O=C(N[C@@H]1CCCN(c2ccccc2Cl)C1=O)[C@H]1C[C@H](O)CN1. The summed E-state index contributed by atoms with van der Waals surface area (Å²) >= 11 is 6.18. The van der Waals surface area contributed by atoms with Crippen LogP contribution in [0.2, 0.25) is 5.02 Å². The van der Waals surface area contributed by atoms with E-state index in [0.717, 1.165) is 6.42 Å². The van der Waals surface area contributed by atoms with Crippen molar-refractivity contribution in [2.75, 3.05) is 18.0 Å². The van der Waals surface area contributed by atoms with E-state index in [1.54, 1.807) is 17.0 Å². The van der Waals surface area contributed by atoms with Gasteiger partial charge in [0.05, 0.1) is 22.9 Å². The molecule has 124 valence electrons. The molecule has 7 heteroatoms. The molecule has 0 bridgehead atoms. The van der Waals surface area contributed by atoms with E-state index in [-0.39, 0.29) is 11.8 Å². The summed E-state index contributed by atoms with van der Waals surface area (Å²) < 4.78 is 0. The molecule has 1 aromatic rings. The van der Waals surface area contributed by atoms with Gasteiger partial charge in [-0.25, -0.2) is 0 Å². The summed E-state index contributed by atoms with van der Waals surface area (Å²) in [6.07, 6.45) is 1.28. The number of aliphatic hydroxyl groups excluding tert-OH is 1. The maximum absolute atomic E-state index is 12.7. The molecule has 6 nitrogen and oxygen atoms in total. The lowest BCUT2D eigenvalue weighted by atomic mass is 10.0. The molecule has 2 fully saturated rings. The maximum atomic E-state index is 12.7. The van der Waals surface area contributed by atoms with Crippen molar-refractivity contribution in [1.82, 2.24) is 10.6 Å². The summed E-state index contributed by atoms with van der Waals surface area (Å²) in [5.74, 6) is -0.378. The van der Waals surface area contributed by atoms with Crippen LogP contribution in [-0.2, 0) is 9.59 Å².